The van der Waals surface area contributed by atoms with Crippen molar-refractivity contribution in [3.05, 3.63) is 16.1 Å². The fourth-order valence-corrected chi connectivity index (χ4v) is 1.63. The first-order valence-electron chi connectivity index (χ1n) is 3.98. The highest BCUT2D eigenvalue weighted by molar-refractivity contribution is 7.11. The zero-order valence-electron chi connectivity index (χ0n) is 8.19. The fourth-order valence-electron chi connectivity index (χ4n) is 0.871. The van der Waals surface area contributed by atoms with Crippen molar-refractivity contribution in [3.63, 3.8) is 0 Å². The van der Waals surface area contributed by atoms with Crippen molar-refractivity contribution in [1.82, 2.24) is 10.3 Å². The van der Waals surface area contributed by atoms with E-state index in [1.54, 1.807) is 18.3 Å². The Balaban J connectivity index is 0. The van der Waals surface area contributed by atoms with Crippen LogP contribution < -0.4 is 5.32 Å². The van der Waals surface area contributed by atoms with Gasteiger partial charge in [0.05, 0.1) is 6.10 Å². The van der Waals surface area contributed by atoms with Crippen LogP contribution in [0.1, 0.15) is 16.8 Å². The average Bonchev–Trinajstić information content (AvgIpc) is 2.35. The summed E-state index contributed by atoms with van der Waals surface area (Å²) in [5.41, 5.74) is 0. The first-order chi connectivity index (χ1) is 5.68. The molecule has 0 spiro atoms. The Kier molecular flexibility index (Phi) is 9.98. The summed E-state index contributed by atoms with van der Waals surface area (Å²) in [5, 5.41) is 13.1. The van der Waals surface area contributed by atoms with Crippen LogP contribution in [0.2, 0.25) is 0 Å². The molecule has 84 valence electrons. The second-order valence-electron chi connectivity index (χ2n) is 2.84. The monoisotopic (exact) mass is 258 g/mol. The third-order valence-corrected chi connectivity index (χ3v) is 2.30. The van der Waals surface area contributed by atoms with E-state index >= 15 is 0 Å². The molecule has 1 heterocycles. The molecule has 0 aromatic carbocycles. The van der Waals surface area contributed by atoms with Crippen molar-refractivity contribution >= 4 is 36.2 Å². The Labute approximate surface area is 101 Å². The average molecular weight is 259 g/mol. The summed E-state index contributed by atoms with van der Waals surface area (Å²) < 4.78 is 0. The van der Waals surface area contributed by atoms with Gasteiger partial charge in [-0.2, -0.15) is 0 Å². The van der Waals surface area contributed by atoms with E-state index in [0.717, 1.165) is 11.6 Å². The molecule has 0 aliphatic carbocycles. The van der Waals surface area contributed by atoms with Crippen LogP contribution >= 0.6 is 36.2 Å². The van der Waals surface area contributed by atoms with E-state index in [1.165, 1.54) is 4.88 Å². The maximum Gasteiger partial charge on any atom is 0.107 e. The smallest absolute Gasteiger partial charge is 0.107 e. The van der Waals surface area contributed by atoms with Crippen molar-refractivity contribution in [1.29, 1.82) is 0 Å². The highest BCUT2D eigenvalue weighted by atomic mass is 35.5. The van der Waals surface area contributed by atoms with Gasteiger partial charge in [-0.05, 0) is 13.8 Å². The largest absolute Gasteiger partial charge is 0.392 e. The minimum Gasteiger partial charge on any atom is -0.392 e. The Bertz CT molecular complexity index is 243. The zero-order valence-corrected chi connectivity index (χ0v) is 10.6. The van der Waals surface area contributed by atoms with Gasteiger partial charge in [-0.1, -0.05) is 0 Å². The Morgan fingerprint density at radius 3 is 2.64 bits per heavy atom. The lowest BCUT2D eigenvalue weighted by Crippen LogP contribution is -2.23. The molecule has 1 aromatic rings. The number of thiazole rings is 1. The number of aromatic nitrogens is 1. The number of aliphatic hydroxyl groups excluding tert-OH is 1. The molecule has 0 saturated heterocycles. The molecule has 1 atom stereocenters. The van der Waals surface area contributed by atoms with Gasteiger partial charge < -0.3 is 10.4 Å². The molecule has 1 unspecified atom stereocenters. The molecule has 0 saturated carbocycles. The van der Waals surface area contributed by atoms with Gasteiger partial charge >= 0.3 is 0 Å². The van der Waals surface area contributed by atoms with Crippen LogP contribution in [0.5, 0.6) is 0 Å². The quantitative estimate of drug-likeness (QED) is 0.866. The molecular formula is C8H16Cl2N2OS. The Morgan fingerprint density at radius 2 is 2.21 bits per heavy atom. The molecule has 1 rings (SSSR count). The lowest BCUT2D eigenvalue weighted by molar-refractivity contribution is 0.191. The number of rotatable bonds is 4. The number of nitrogens with zero attached hydrogens (tertiary/aromatic N) is 1. The highest BCUT2D eigenvalue weighted by Crippen LogP contribution is 2.10. The number of halogens is 2. The maximum absolute atomic E-state index is 8.96. The zero-order chi connectivity index (χ0) is 8.97. The summed E-state index contributed by atoms with van der Waals surface area (Å²) in [6.45, 7) is 5.18. The van der Waals surface area contributed by atoms with Gasteiger partial charge in [0.15, 0.2) is 0 Å². The summed E-state index contributed by atoms with van der Waals surface area (Å²) in [5.74, 6) is 0. The van der Waals surface area contributed by atoms with E-state index in [-0.39, 0.29) is 30.9 Å². The predicted octanol–water partition coefficient (Wildman–Crippen LogP) is 1.77. The van der Waals surface area contributed by atoms with Crippen LogP contribution in [0.25, 0.3) is 0 Å². The molecule has 2 N–H and O–H groups in total. The molecule has 0 radical (unpaired) electrons. The van der Waals surface area contributed by atoms with E-state index in [0.29, 0.717) is 6.54 Å². The van der Waals surface area contributed by atoms with Crippen LogP contribution in [-0.4, -0.2) is 22.7 Å². The van der Waals surface area contributed by atoms with Crippen LogP contribution in [0.4, 0.5) is 0 Å². The van der Waals surface area contributed by atoms with Crippen molar-refractivity contribution in [3.8, 4) is 0 Å². The molecule has 0 amide bonds. The normalized spacial score (nSPS) is 11.4. The molecule has 6 heteroatoms. The minimum absolute atomic E-state index is 0. The van der Waals surface area contributed by atoms with Gasteiger partial charge in [0.1, 0.15) is 5.01 Å². The number of hydrogen-bond acceptors (Lipinski definition) is 4. The number of nitrogens with one attached hydrogen (secondary N) is 1. The van der Waals surface area contributed by atoms with Gasteiger partial charge in [0.2, 0.25) is 0 Å². The van der Waals surface area contributed by atoms with E-state index in [1.807, 2.05) is 13.1 Å². The molecule has 14 heavy (non-hydrogen) atoms. The minimum atomic E-state index is -0.286. The van der Waals surface area contributed by atoms with Gasteiger partial charge in [-0.25, -0.2) is 4.98 Å². The SMILES string of the molecule is Cc1cnc(CNCC(C)O)s1.Cl.Cl. The van der Waals surface area contributed by atoms with Gasteiger partial charge in [-0.15, -0.1) is 36.2 Å². The lowest BCUT2D eigenvalue weighted by Gasteiger charge is -2.03. The number of aliphatic hydroxyl groups is 1. The Morgan fingerprint density at radius 1 is 1.57 bits per heavy atom. The Hall–Kier alpha value is 0.130. The van der Waals surface area contributed by atoms with Gasteiger partial charge in [0.25, 0.3) is 0 Å². The molecule has 0 aliphatic heterocycles. The standard InChI is InChI=1S/C8H14N2OS.2ClH/c1-6(11)3-9-5-8-10-4-7(2)12-8;;/h4,6,9,11H,3,5H2,1-2H3;2*1H. The van der Waals surface area contributed by atoms with Crippen molar-refractivity contribution in [2.75, 3.05) is 6.54 Å². The van der Waals surface area contributed by atoms with Crippen molar-refractivity contribution in [2.45, 2.75) is 26.5 Å². The second kappa shape index (κ2) is 8.44. The van der Waals surface area contributed by atoms with Crippen LogP contribution in [0.3, 0.4) is 0 Å². The van der Waals surface area contributed by atoms with Gasteiger partial charge in [0, 0.05) is 24.2 Å². The summed E-state index contributed by atoms with van der Waals surface area (Å²) in [6, 6.07) is 0. The number of aryl methyl sites for hydroxylation is 1. The van der Waals surface area contributed by atoms with E-state index in [2.05, 4.69) is 10.3 Å². The van der Waals surface area contributed by atoms with Crippen LogP contribution in [-0.2, 0) is 6.54 Å². The van der Waals surface area contributed by atoms with Crippen LogP contribution in [0, 0.1) is 6.92 Å². The van der Waals surface area contributed by atoms with Crippen molar-refractivity contribution in [2.24, 2.45) is 0 Å². The predicted molar refractivity (Wildman–Crippen MR) is 64.7 cm³/mol. The van der Waals surface area contributed by atoms with Gasteiger partial charge in [-0.3, -0.25) is 0 Å². The first-order valence-corrected chi connectivity index (χ1v) is 4.80. The van der Waals surface area contributed by atoms with Crippen molar-refractivity contribution < 1.29 is 5.11 Å². The topological polar surface area (TPSA) is 45.2 Å². The maximum atomic E-state index is 8.96. The summed E-state index contributed by atoms with van der Waals surface area (Å²) in [6.07, 6.45) is 1.58. The van der Waals surface area contributed by atoms with E-state index in [9.17, 15) is 0 Å². The summed E-state index contributed by atoms with van der Waals surface area (Å²) in [4.78, 5) is 5.41. The molecule has 0 aliphatic rings. The molecule has 0 bridgehead atoms. The summed E-state index contributed by atoms with van der Waals surface area (Å²) in [7, 11) is 0. The third kappa shape index (κ3) is 6.56. The fraction of sp³-hybridized carbons (Fsp3) is 0.625. The first kappa shape index (κ1) is 16.6. The molecular weight excluding hydrogens is 243 g/mol. The summed E-state index contributed by atoms with van der Waals surface area (Å²) >= 11 is 1.68. The third-order valence-electron chi connectivity index (χ3n) is 1.39. The molecule has 1 aromatic heterocycles. The molecule has 0 fully saturated rings. The van der Waals surface area contributed by atoms with Crippen LogP contribution in [0.15, 0.2) is 6.20 Å². The van der Waals surface area contributed by atoms with E-state index < -0.39 is 0 Å². The number of hydrogen-bond donors (Lipinski definition) is 2. The molecule has 3 nitrogen and oxygen atoms in total. The highest BCUT2D eigenvalue weighted by Gasteiger charge is 1.98. The van der Waals surface area contributed by atoms with E-state index in [4.69, 9.17) is 5.11 Å². The lowest BCUT2D eigenvalue weighted by atomic mass is 10.4. The second-order valence-corrected chi connectivity index (χ2v) is 4.16.